The maximum atomic E-state index is 11.8. The lowest BCUT2D eigenvalue weighted by molar-refractivity contribution is -0.896. The molecule has 0 aliphatic carbocycles. The SMILES string of the molecule is CC[NH+](CC)CCOC(=O)c1cc2ccccc2o1.[Cl-]. The molecule has 2 rings (SSSR count). The molecule has 0 bridgehead atoms. The number of carbonyl (C=O) groups is 1. The highest BCUT2D eigenvalue weighted by atomic mass is 35.5. The van der Waals surface area contributed by atoms with Gasteiger partial charge < -0.3 is 26.5 Å². The number of ether oxygens (including phenoxy) is 1. The fraction of sp³-hybridized carbons (Fsp3) is 0.400. The molecule has 5 heteroatoms. The second-order valence-corrected chi connectivity index (χ2v) is 4.49. The molecule has 0 saturated heterocycles. The summed E-state index contributed by atoms with van der Waals surface area (Å²) in [7, 11) is 0. The van der Waals surface area contributed by atoms with Gasteiger partial charge in [-0.25, -0.2) is 4.79 Å². The average Bonchev–Trinajstić information content (AvgIpc) is 2.87. The summed E-state index contributed by atoms with van der Waals surface area (Å²) >= 11 is 0. The van der Waals surface area contributed by atoms with Gasteiger partial charge in [-0.15, -0.1) is 0 Å². The Hall–Kier alpha value is -1.52. The summed E-state index contributed by atoms with van der Waals surface area (Å²) < 4.78 is 10.7. The van der Waals surface area contributed by atoms with Crippen LogP contribution in [0.25, 0.3) is 11.0 Å². The standard InChI is InChI=1S/C15H19NO3.ClH/c1-3-16(4-2)9-10-18-15(17)14-11-12-7-5-6-8-13(12)19-14;/h5-8,11H,3-4,9-10H2,1-2H3;1H. The van der Waals surface area contributed by atoms with Crippen molar-refractivity contribution in [3.05, 3.63) is 36.1 Å². The molecule has 1 heterocycles. The summed E-state index contributed by atoms with van der Waals surface area (Å²) in [5, 5.41) is 0.920. The summed E-state index contributed by atoms with van der Waals surface area (Å²) in [6.07, 6.45) is 0. The monoisotopic (exact) mass is 297 g/mol. The van der Waals surface area contributed by atoms with Gasteiger partial charge >= 0.3 is 5.97 Å². The van der Waals surface area contributed by atoms with Crippen molar-refractivity contribution >= 4 is 16.9 Å². The summed E-state index contributed by atoms with van der Waals surface area (Å²) in [6, 6.07) is 9.27. The van der Waals surface area contributed by atoms with Crippen LogP contribution in [0.3, 0.4) is 0 Å². The van der Waals surface area contributed by atoms with E-state index in [2.05, 4.69) is 13.8 Å². The second kappa shape index (κ2) is 7.92. The zero-order valence-electron chi connectivity index (χ0n) is 11.8. The number of carbonyl (C=O) groups excluding carboxylic acids is 1. The van der Waals surface area contributed by atoms with E-state index in [0.29, 0.717) is 12.2 Å². The smallest absolute Gasteiger partial charge is 0.374 e. The summed E-state index contributed by atoms with van der Waals surface area (Å²) in [6.45, 7) is 7.59. The zero-order chi connectivity index (χ0) is 13.7. The number of benzene rings is 1. The molecule has 1 aromatic heterocycles. The summed E-state index contributed by atoms with van der Waals surface area (Å²) in [5.41, 5.74) is 0.712. The van der Waals surface area contributed by atoms with Gasteiger partial charge in [0.1, 0.15) is 18.7 Å². The number of para-hydroxylation sites is 1. The largest absolute Gasteiger partial charge is 1.00 e. The highest BCUT2D eigenvalue weighted by Crippen LogP contribution is 2.19. The van der Waals surface area contributed by atoms with E-state index in [0.717, 1.165) is 25.0 Å². The fourth-order valence-electron chi connectivity index (χ4n) is 2.05. The van der Waals surface area contributed by atoms with Crippen molar-refractivity contribution in [1.82, 2.24) is 0 Å². The Morgan fingerprint density at radius 2 is 1.95 bits per heavy atom. The minimum Gasteiger partial charge on any atom is -1.00 e. The lowest BCUT2D eigenvalue weighted by atomic mass is 10.2. The minimum atomic E-state index is -0.386. The maximum absolute atomic E-state index is 11.8. The van der Waals surface area contributed by atoms with Gasteiger partial charge in [-0.2, -0.15) is 0 Å². The number of quaternary nitrogens is 1. The molecule has 110 valence electrons. The first kappa shape index (κ1) is 16.5. The Bertz CT molecular complexity index is 516. The molecule has 0 radical (unpaired) electrons. The summed E-state index contributed by atoms with van der Waals surface area (Å²) in [5.74, 6) is -0.112. The highest BCUT2D eigenvalue weighted by Gasteiger charge is 2.14. The van der Waals surface area contributed by atoms with E-state index in [4.69, 9.17) is 9.15 Å². The Balaban J connectivity index is 0.00000200. The quantitative estimate of drug-likeness (QED) is 0.662. The molecule has 20 heavy (non-hydrogen) atoms. The predicted molar refractivity (Wildman–Crippen MR) is 73.4 cm³/mol. The van der Waals surface area contributed by atoms with E-state index in [-0.39, 0.29) is 24.1 Å². The number of fused-ring (bicyclic) bond motifs is 1. The lowest BCUT2D eigenvalue weighted by Crippen LogP contribution is -3.11. The fourth-order valence-corrected chi connectivity index (χ4v) is 2.05. The third kappa shape index (κ3) is 3.99. The van der Waals surface area contributed by atoms with Crippen LogP contribution >= 0.6 is 0 Å². The van der Waals surface area contributed by atoms with Crippen LogP contribution in [0.1, 0.15) is 24.4 Å². The Kier molecular flexibility index (Phi) is 6.55. The van der Waals surface area contributed by atoms with Crippen molar-refractivity contribution in [1.29, 1.82) is 0 Å². The number of esters is 1. The van der Waals surface area contributed by atoms with Gasteiger partial charge in [0.25, 0.3) is 0 Å². The maximum Gasteiger partial charge on any atom is 0.374 e. The molecule has 0 spiro atoms. The molecular formula is C15H20ClNO3. The lowest BCUT2D eigenvalue weighted by Gasteiger charge is -2.14. The van der Waals surface area contributed by atoms with Crippen LogP contribution in [0.4, 0.5) is 0 Å². The number of likely N-dealkylation sites (N-methyl/N-ethyl adjacent to an activating group) is 1. The van der Waals surface area contributed by atoms with Gasteiger partial charge in [-0.05, 0) is 26.0 Å². The third-order valence-corrected chi connectivity index (χ3v) is 3.32. The van der Waals surface area contributed by atoms with Crippen LogP contribution in [-0.4, -0.2) is 32.2 Å². The third-order valence-electron chi connectivity index (χ3n) is 3.32. The number of halogens is 1. The van der Waals surface area contributed by atoms with E-state index < -0.39 is 0 Å². The second-order valence-electron chi connectivity index (χ2n) is 4.49. The molecule has 0 aliphatic rings. The van der Waals surface area contributed by atoms with Gasteiger partial charge in [-0.3, -0.25) is 0 Å². The molecule has 0 unspecified atom stereocenters. The van der Waals surface area contributed by atoms with E-state index in [1.165, 1.54) is 4.90 Å². The van der Waals surface area contributed by atoms with Crippen molar-refractivity contribution in [2.24, 2.45) is 0 Å². The van der Waals surface area contributed by atoms with E-state index in [1.807, 2.05) is 24.3 Å². The first-order valence-corrected chi connectivity index (χ1v) is 6.73. The number of hydrogen-bond donors (Lipinski definition) is 1. The molecule has 4 nitrogen and oxygen atoms in total. The summed E-state index contributed by atoms with van der Waals surface area (Å²) in [4.78, 5) is 13.3. The van der Waals surface area contributed by atoms with Crippen LogP contribution in [0, 0.1) is 0 Å². The van der Waals surface area contributed by atoms with Crippen LogP contribution in [0.2, 0.25) is 0 Å². The normalized spacial score (nSPS) is 10.6. The van der Waals surface area contributed by atoms with Crippen molar-refractivity contribution < 1.29 is 31.3 Å². The average molecular weight is 298 g/mol. The van der Waals surface area contributed by atoms with Crippen molar-refractivity contribution in [2.45, 2.75) is 13.8 Å². The first-order chi connectivity index (χ1) is 9.24. The van der Waals surface area contributed by atoms with Crippen LogP contribution in [-0.2, 0) is 4.74 Å². The van der Waals surface area contributed by atoms with Gasteiger partial charge in [0.05, 0.1) is 13.1 Å². The molecular weight excluding hydrogens is 278 g/mol. The molecule has 0 atom stereocenters. The highest BCUT2D eigenvalue weighted by molar-refractivity contribution is 5.92. The Morgan fingerprint density at radius 3 is 2.60 bits per heavy atom. The number of nitrogens with one attached hydrogen (secondary N) is 1. The first-order valence-electron chi connectivity index (χ1n) is 6.73. The molecule has 0 amide bonds. The van der Waals surface area contributed by atoms with E-state index in [9.17, 15) is 4.79 Å². The van der Waals surface area contributed by atoms with Crippen LogP contribution < -0.4 is 17.3 Å². The van der Waals surface area contributed by atoms with Crippen molar-refractivity contribution in [2.75, 3.05) is 26.2 Å². The molecule has 0 fully saturated rings. The topological polar surface area (TPSA) is 43.9 Å². The molecule has 1 aromatic carbocycles. The van der Waals surface area contributed by atoms with Crippen molar-refractivity contribution in [3.63, 3.8) is 0 Å². The molecule has 2 aromatic rings. The van der Waals surface area contributed by atoms with Crippen LogP contribution in [0.15, 0.2) is 34.7 Å². The molecule has 0 aliphatic heterocycles. The Morgan fingerprint density at radius 1 is 1.25 bits per heavy atom. The predicted octanol–water partition coefficient (Wildman–Crippen LogP) is -1.48. The van der Waals surface area contributed by atoms with Gasteiger partial charge in [0.15, 0.2) is 0 Å². The number of rotatable bonds is 6. The van der Waals surface area contributed by atoms with Gasteiger partial charge in [0.2, 0.25) is 5.76 Å². The van der Waals surface area contributed by atoms with Crippen molar-refractivity contribution in [3.8, 4) is 0 Å². The van der Waals surface area contributed by atoms with Gasteiger partial charge in [-0.1, -0.05) is 18.2 Å². The Labute approximate surface area is 125 Å². The minimum absolute atomic E-state index is 0. The van der Waals surface area contributed by atoms with E-state index >= 15 is 0 Å². The molecule has 0 saturated carbocycles. The zero-order valence-corrected chi connectivity index (χ0v) is 12.6. The van der Waals surface area contributed by atoms with E-state index in [1.54, 1.807) is 6.07 Å². The number of hydrogen-bond acceptors (Lipinski definition) is 3. The number of furan rings is 1. The van der Waals surface area contributed by atoms with Gasteiger partial charge in [0, 0.05) is 5.39 Å². The van der Waals surface area contributed by atoms with Crippen LogP contribution in [0.5, 0.6) is 0 Å². The molecule has 1 N–H and O–H groups in total.